The van der Waals surface area contributed by atoms with Gasteiger partial charge < -0.3 is 4.74 Å². The van der Waals surface area contributed by atoms with Gasteiger partial charge in [0.2, 0.25) is 0 Å². The van der Waals surface area contributed by atoms with Gasteiger partial charge >= 0.3 is 5.97 Å². The fourth-order valence-corrected chi connectivity index (χ4v) is 3.34. The molecule has 80 valence electrons. The van der Waals surface area contributed by atoms with Gasteiger partial charge in [-0.25, -0.2) is 4.84 Å². The maximum absolute atomic E-state index is 11.7. The second-order valence-electron chi connectivity index (χ2n) is 4.25. The Bertz CT molecular complexity index is 234. The average Bonchev–Trinajstić information content (AvgIpc) is 2.76. The number of fused-ring (bicyclic) bond motifs is 2. The fourth-order valence-electron chi connectivity index (χ4n) is 3.03. The highest BCUT2D eigenvalue weighted by atomic mass is 35.5. The summed E-state index contributed by atoms with van der Waals surface area (Å²) in [5, 5.41) is 0. The molecule has 0 heterocycles. The van der Waals surface area contributed by atoms with Crippen LogP contribution in [0.15, 0.2) is 0 Å². The summed E-state index contributed by atoms with van der Waals surface area (Å²) < 4.78 is 5.07. The van der Waals surface area contributed by atoms with Gasteiger partial charge in [0, 0.05) is 6.04 Å². The number of rotatable bonds is 3. The van der Waals surface area contributed by atoms with Crippen LogP contribution in [0, 0.1) is 17.8 Å². The summed E-state index contributed by atoms with van der Waals surface area (Å²) in [6, 6.07) is 0.134. The first-order valence-electron chi connectivity index (χ1n) is 5.30. The minimum atomic E-state index is -0.0714. The SMILES string of the molecule is CCOC(=O)C1C2CCC(C2)C1NCl. The Morgan fingerprint density at radius 3 is 2.86 bits per heavy atom. The zero-order chi connectivity index (χ0) is 10.1. The van der Waals surface area contributed by atoms with Crippen LogP contribution in [0.3, 0.4) is 0 Å². The second-order valence-corrected chi connectivity index (χ2v) is 4.46. The molecule has 2 aliphatic carbocycles. The minimum absolute atomic E-state index is 0.00815. The molecule has 4 unspecified atom stereocenters. The number of halogens is 1. The van der Waals surface area contributed by atoms with Crippen LogP contribution in [0.25, 0.3) is 0 Å². The number of ether oxygens (including phenoxy) is 1. The lowest BCUT2D eigenvalue weighted by Crippen LogP contribution is -2.41. The number of hydrogen-bond acceptors (Lipinski definition) is 3. The van der Waals surface area contributed by atoms with Crippen LogP contribution in [-0.2, 0) is 9.53 Å². The van der Waals surface area contributed by atoms with Gasteiger partial charge in [-0.2, -0.15) is 0 Å². The standard InChI is InChI=1S/C10H16ClNO2/c1-2-14-10(13)8-6-3-4-7(5-6)9(8)12-11/h6-9,12H,2-5H2,1H3. The highest BCUT2D eigenvalue weighted by Gasteiger charge is 2.51. The van der Waals surface area contributed by atoms with Crippen molar-refractivity contribution in [1.29, 1.82) is 0 Å². The summed E-state index contributed by atoms with van der Waals surface area (Å²) in [5.74, 6) is 0.992. The molecule has 2 fully saturated rings. The Morgan fingerprint density at radius 1 is 1.50 bits per heavy atom. The highest BCUT2D eigenvalue weighted by molar-refractivity contribution is 6.13. The molecule has 2 aliphatic rings. The van der Waals surface area contributed by atoms with Crippen molar-refractivity contribution in [1.82, 2.24) is 4.84 Å². The quantitative estimate of drug-likeness (QED) is 0.578. The normalized spacial score (nSPS) is 40.1. The van der Waals surface area contributed by atoms with Crippen LogP contribution < -0.4 is 4.84 Å². The second kappa shape index (κ2) is 4.07. The van der Waals surface area contributed by atoms with Crippen LogP contribution in [0.1, 0.15) is 26.2 Å². The van der Waals surface area contributed by atoms with Crippen molar-refractivity contribution in [3.05, 3.63) is 0 Å². The summed E-state index contributed by atoms with van der Waals surface area (Å²) in [7, 11) is 0. The molecule has 1 N–H and O–H groups in total. The van der Waals surface area contributed by atoms with Crippen molar-refractivity contribution in [2.45, 2.75) is 32.2 Å². The van der Waals surface area contributed by atoms with Crippen molar-refractivity contribution >= 4 is 17.7 Å². The van der Waals surface area contributed by atoms with Crippen LogP contribution in [0.5, 0.6) is 0 Å². The number of carbonyl (C=O) groups excluding carboxylic acids is 1. The Balaban J connectivity index is 2.06. The molecule has 2 bridgehead atoms. The van der Waals surface area contributed by atoms with Gasteiger partial charge in [-0.1, -0.05) is 0 Å². The van der Waals surface area contributed by atoms with Crippen LogP contribution >= 0.6 is 11.8 Å². The third kappa shape index (κ3) is 1.52. The van der Waals surface area contributed by atoms with Gasteiger partial charge in [0.25, 0.3) is 0 Å². The lowest BCUT2D eigenvalue weighted by Gasteiger charge is -2.27. The van der Waals surface area contributed by atoms with Crippen molar-refractivity contribution in [3.8, 4) is 0 Å². The van der Waals surface area contributed by atoms with E-state index in [4.69, 9.17) is 16.5 Å². The van der Waals surface area contributed by atoms with E-state index in [0.29, 0.717) is 18.4 Å². The van der Waals surface area contributed by atoms with E-state index in [1.807, 2.05) is 6.92 Å². The fraction of sp³-hybridized carbons (Fsp3) is 0.900. The van der Waals surface area contributed by atoms with Gasteiger partial charge in [0.05, 0.1) is 12.5 Å². The van der Waals surface area contributed by atoms with E-state index in [2.05, 4.69) is 4.84 Å². The smallest absolute Gasteiger partial charge is 0.310 e. The summed E-state index contributed by atoms with van der Waals surface area (Å²) in [4.78, 5) is 14.4. The molecule has 3 nitrogen and oxygen atoms in total. The summed E-state index contributed by atoms with van der Waals surface area (Å²) >= 11 is 5.68. The number of nitrogens with one attached hydrogen (secondary N) is 1. The molecular weight excluding hydrogens is 202 g/mol. The molecule has 0 aliphatic heterocycles. The van der Waals surface area contributed by atoms with Crippen LogP contribution in [0.2, 0.25) is 0 Å². The molecular formula is C10H16ClNO2. The van der Waals surface area contributed by atoms with Crippen LogP contribution in [0.4, 0.5) is 0 Å². The molecule has 0 saturated heterocycles. The molecule has 4 atom stereocenters. The van der Waals surface area contributed by atoms with Gasteiger partial charge in [0.1, 0.15) is 0 Å². The largest absolute Gasteiger partial charge is 0.466 e. The molecule has 0 spiro atoms. The Hall–Kier alpha value is -0.280. The predicted molar refractivity (Wildman–Crippen MR) is 53.7 cm³/mol. The third-order valence-electron chi connectivity index (χ3n) is 3.60. The van der Waals surface area contributed by atoms with E-state index in [0.717, 1.165) is 12.8 Å². The molecule has 0 aromatic rings. The molecule has 0 radical (unpaired) electrons. The van der Waals surface area contributed by atoms with E-state index in [9.17, 15) is 4.79 Å². The Labute approximate surface area is 89.3 Å². The van der Waals surface area contributed by atoms with E-state index >= 15 is 0 Å². The van der Waals surface area contributed by atoms with Gasteiger partial charge in [-0.15, -0.1) is 0 Å². The number of esters is 1. The molecule has 2 saturated carbocycles. The molecule has 0 aromatic heterocycles. The first-order valence-corrected chi connectivity index (χ1v) is 5.68. The third-order valence-corrected chi connectivity index (χ3v) is 3.85. The van der Waals surface area contributed by atoms with E-state index < -0.39 is 0 Å². The Kier molecular flexibility index (Phi) is 2.98. The van der Waals surface area contributed by atoms with Crippen molar-refractivity contribution < 1.29 is 9.53 Å². The topological polar surface area (TPSA) is 38.3 Å². The van der Waals surface area contributed by atoms with E-state index in [1.165, 1.54) is 6.42 Å². The maximum atomic E-state index is 11.7. The van der Waals surface area contributed by atoms with E-state index in [-0.39, 0.29) is 17.9 Å². The van der Waals surface area contributed by atoms with Crippen molar-refractivity contribution in [2.75, 3.05) is 6.61 Å². The summed E-state index contributed by atoms with van der Waals surface area (Å²) in [6.07, 6.45) is 3.49. The zero-order valence-corrected chi connectivity index (χ0v) is 9.09. The number of hydrogen-bond donors (Lipinski definition) is 1. The predicted octanol–water partition coefficient (Wildman–Crippen LogP) is 1.71. The maximum Gasteiger partial charge on any atom is 0.310 e. The highest BCUT2D eigenvalue weighted by Crippen LogP contribution is 2.49. The first kappa shape index (κ1) is 10.2. The number of carbonyl (C=O) groups is 1. The van der Waals surface area contributed by atoms with Gasteiger partial charge in [-0.3, -0.25) is 4.79 Å². The molecule has 0 amide bonds. The molecule has 0 aromatic carbocycles. The van der Waals surface area contributed by atoms with E-state index in [1.54, 1.807) is 0 Å². The minimum Gasteiger partial charge on any atom is -0.466 e. The molecule has 2 rings (SSSR count). The summed E-state index contributed by atoms with van der Waals surface area (Å²) in [6.45, 7) is 2.30. The van der Waals surface area contributed by atoms with Crippen molar-refractivity contribution in [3.63, 3.8) is 0 Å². The first-order chi connectivity index (χ1) is 6.77. The lowest BCUT2D eigenvalue weighted by atomic mass is 9.85. The van der Waals surface area contributed by atoms with Crippen LogP contribution in [-0.4, -0.2) is 18.6 Å². The van der Waals surface area contributed by atoms with Crippen molar-refractivity contribution in [2.24, 2.45) is 17.8 Å². The Morgan fingerprint density at radius 2 is 2.21 bits per heavy atom. The average molecular weight is 218 g/mol. The lowest BCUT2D eigenvalue weighted by molar-refractivity contribution is -0.150. The van der Waals surface area contributed by atoms with Gasteiger partial charge in [0.15, 0.2) is 0 Å². The monoisotopic (exact) mass is 217 g/mol. The zero-order valence-electron chi connectivity index (χ0n) is 8.33. The molecule has 14 heavy (non-hydrogen) atoms. The molecule has 4 heteroatoms. The van der Waals surface area contributed by atoms with Gasteiger partial charge in [-0.05, 0) is 49.8 Å². The summed E-state index contributed by atoms with van der Waals surface area (Å²) in [5.41, 5.74) is 0.